The second-order valence-corrected chi connectivity index (χ2v) is 5.02. The summed E-state index contributed by atoms with van der Waals surface area (Å²) in [5.74, 6) is -0.205. The standard InChI is InChI=1S/C16H19N3O/c1-10-4-6-13(7-5-10)12(3)19-16(20)14-9-18-11(2)8-15(14)17/h4-9,12H,1-3H3,(H2,17,18)(H,19,20). The van der Waals surface area contributed by atoms with Gasteiger partial charge >= 0.3 is 0 Å². The zero-order chi connectivity index (χ0) is 14.7. The van der Waals surface area contributed by atoms with E-state index in [9.17, 15) is 4.79 Å². The normalized spacial score (nSPS) is 11.9. The highest BCUT2D eigenvalue weighted by Crippen LogP contribution is 2.16. The lowest BCUT2D eigenvalue weighted by Crippen LogP contribution is -2.27. The number of pyridine rings is 1. The van der Waals surface area contributed by atoms with Crippen LogP contribution >= 0.6 is 0 Å². The van der Waals surface area contributed by atoms with Gasteiger partial charge in [-0.15, -0.1) is 0 Å². The predicted octanol–water partition coefficient (Wildman–Crippen LogP) is 2.77. The first-order valence-electron chi connectivity index (χ1n) is 6.57. The molecule has 0 saturated heterocycles. The van der Waals surface area contributed by atoms with Crippen LogP contribution in [0.15, 0.2) is 36.5 Å². The number of carbonyl (C=O) groups excluding carboxylic acids is 1. The average Bonchev–Trinajstić information content (AvgIpc) is 2.39. The zero-order valence-electron chi connectivity index (χ0n) is 12.0. The van der Waals surface area contributed by atoms with E-state index in [-0.39, 0.29) is 11.9 Å². The number of amides is 1. The number of anilines is 1. The van der Waals surface area contributed by atoms with Gasteiger partial charge in [0.25, 0.3) is 5.91 Å². The van der Waals surface area contributed by atoms with Gasteiger partial charge in [-0.2, -0.15) is 0 Å². The lowest BCUT2D eigenvalue weighted by molar-refractivity contribution is 0.0940. The number of aryl methyl sites for hydroxylation is 2. The topological polar surface area (TPSA) is 68.0 Å². The van der Waals surface area contributed by atoms with Gasteiger partial charge in [-0.25, -0.2) is 0 Å². The number of nitrogens with one attached hydrogen (secondary N) is 1. The van der Waals surface area contributed by atoms with Crippen molar-refractivity contribution in [2.75, 3.05) is 5.73 Å². The number of nitrogens with two attached hydrogens (primary N) is 1. The van der Waals surface area contributed by atoms with Gasteiger partial charge in [0.1, 0.15) is 0 Å². The lowest BCUT2D eigenvalue weighted by Gasteiger charge is -2.15. The second-order valence-electron chi connectivity index (χ2n) is 5.02. The van der Waals surface area contributed by atoms with Crippen molar-refractivity contribution in [1.29, 1.82) is 0 Å². The molecule has 1 aromatic heterocycles. The van der Waals surface area contributed by atoms with E-state index in [0.717, 1.165) is 11.3 Å². The third-order valence-electron chi connectivity index (χ3n) is 3.24. The Morgan fingerprint density at radius 2 is 1.90 bits per heavy atom. The summed E-state index contributed by atoms with van der Waals surface area (Å²) in [6.45, 7) is 5.82. The molecular weight excluding hydrogens is 250 g/mol. The van der Waals surface area contributed by atoms with E-state index in [4.69, 9.17) is 5.73 Å². The number of carbonyl (C=O) groups is 1. The third-order valence-corrected chi connectivity index (χ3v) is 3.24. The average molecular weight is 269 g/mol. The van der Waals surface area contributed by atoms with Gasteiger partial charge in [-0.3, -0.25) is 9.78 Å². The smallest absolute Gasteiger partial charge is 0.255 e. The van der Waals surface area contributed by atoms with E-state index < -0.39 is 0 Å². The summed E-state index contributed by atoms with van der Waals surface area (Å²) in [6, 6.07) is 9.70. The third kappa shape index (κ3) is 3.15. The van der Waals surface area contributed by atoms with Crippen LogP contribution in [0.25, 0.3) is 0 Å². The number of rotatable bonds is 3. The fraction of sp³-hybridized carbons (Fsp3) is 0.250. The maximum Gasteiger partial charge on any atom is 0.255 e. The Bertz CT molecular complexity index is 620. The molecule has 0 aliphatic carbocycles. The number of benzene rings is 1. The molecule has 4 heteroatoms. The first-order valence-corrected chi connectivity index (χ1v) is 6.57. The summed E-state index contributed by atoms with van der Waals surface area (Å²) >= 11 is 0. The molecule has 0 spiro atoms. The molecule has 2 aromatic rings. The van der Waals surface area contributed by atoms with Crippen molar-refractivity contribution >= 4 is 11.6 Å². The Hall–Kier alpha value is -2.36. The summed E-state index contributed by atoms with van der Waals surface area (Å²) in [5.41, 5.74) is 9.77. The Kier molecular flexibility index (Phi) is 4.03. The van der Waals surface area contributed by atoms with Crippen molar-refractivity contribution in [2.45, 2.75) is 26.8 Å². The van der Waals surface area contributed by atoms with Crippen LogP contribution in [0.4, 0.5) is 5.69 Å². The van der Waals surface area contributed by atoms with Crippen LogP contribution in [0.1, 0.15) is 40.1 Å². The lowest BCUT2D eigenvalue weighted by atomic mass is 10.1. The van der Waals surface area contributed by atoms with Crippen molar-refractivity contribution < 1.29 is 4.79 Å². The first kappa shape index (κ1) is 14.1. The van der Waals surface area contributed by atoms with Crippen molar-refractivity contribution in [3.05, 3.63) is 58.9 Å². The first-order chi connectivity index (χ1) is 9.47. The number of hydrogen-bond acceptors (Lipinski definition) is 3. The number of hydrogen-bond donors (Lipinski definition) is 2. The molecule has 1 atom stereocenters. The zero-order valence-corrected chi connectivity index (χ0v) is 12.0. The summed E-state index contributed by atoms with van der Waals surface area (Å²) in [6.07, 6.45) is 1.52. The SMILES string of the molecule is Cc1ccc(C(C)NC(=O)c2cnc(C)cc2N)cc1. The summed E-state index contributed by atoms with van der Waals surface area (Å²) < 4.78 is 0. The molecule has 20 heavy (non-hydrogen) atoms. The Morgan fingerprint density at radius 3 is 2.50 bits per heavy atom. The van der Waals surface area contributed by atoms with Crippen LogP contribution in [-0.4, -0.2) is 10.9 Å². The highest BCUT2D eigenvalue weighted by molar-refractivity contribution is 5.99. The maximum absolute atomic E-state index is 12.2. The second kappa shape index (κ2) is 5.74. The van der Waals surface area contributed by atoms with E-state index >= 15 is 0 Å². The fourth-order valence-corrected chi connectivity index (χ4v) is 1.98. The predicted molar refractivity (Wildman–Crippen MR) is 80.4 cm³/mol. The largest absolute Gasteiger partial charge is 0.398 e. The van der Waals surface area contributed by atoms with Crippen LogP contribution in [-0.2, 0) is 0 Å². The van der Waals surface area contributed by atoms with Crippen molar-refractivity contribution in [3.63, 3.8) is 0 Å². The molecule has 1 unspecified atom stereocenters. The van der Waals surface area contributed by atoms with E-state index in [1.807, 2.05) is 45.0 Å². The van der Waals surface area contributed by atoms with Crippen molar-refractivity contribution in [3.8, 4) is 0 Å². The molecule has 0 aliphatic heterocycles. The van der Waals surface area contributed by atoms with Gasteiger partial charge in [-0.05, 0) is 32.4 Å². The van der Waals surface area contributed by atoms with Gasteiger partial charge in [0.05, 0.1) is 11.6 Å². The Balaban J connectivity index is 2.13. The quantitative estimate of drug-likeness (QED) is 0.900. The molecule has 3 N–H and O–H groups in total. The Labute approximate surface area is 119 Å². The van der Waals surface area contributed by atoms with Gasteiger partial charge in [-0.1, -0.05) is 29.8 Å². The molecule has 1 amide bonds. The molecule has 104 valence electrons. The molecule has 2 rings (SSSR count). The molecular formula is C16H19N3O. The molecule has 0 bridgehead atoms. The van der Waals surface area contributed by atoms with Crippen LogP contribution in [0, 0.1) is 13.8 Å². The maximum atomic E-state index is 12.2. The summed E-state index contributed by atoms with van der Waals surface area (Å²) in [7, 11) is 0. The molecule has 0 saturated carbocycles. The van der Waals surface area contributed by atoms with E-state index in [1.54, 1.807) is 6.07 Å². The molecule has 4 nitrogen and oxygen atoms in total. The van der Waals surface area contributed by atoms with Gasteiger partial charge in [0.15, 0.2) is 0 Å². The summed E-state index contributed by atoms with van der Waals surface area (Å²) in [4.78, 5) is 16.3. The molecule has 1 heterocycles. The Morgan fingerprint density at radius 1 is 1.25 bits per heavy atom. The van der Waals surface area contributed by atoms with Gasteiger partial charge < -0.3 is 11.1 Å². The minimum Gasteiger partial charge on any atom is -0.398 e. The van der Waals surface area contributed by atoms with Crippen LogP contribution in [0.2, 0.25) is 0 Å². The number of aromatic nitrogens is 1. The van der Waals surface area contributed by atoms with E-state index in [0.29, 0.717) is 11.3 Å². The number of nitrogens with zero attached hydrogens (tertiary/aromatic N) is 1. The highest BCUT2D eigenvalue weighted by Gasteiger charge is 2.14. The minimum absolute atomic E-state index is 0.0798. The van der Waals surface area contributed by atoms with Gasteiger partial charge in [0, 0.05) is 17.6 Å². The summed E-state index contributed by atoms with van der Waals surface area (Å²) in [5, 5.41) is 2.93. The van der Waals surface area contributed by atoms with Crippen molar-refractivity contribution in [2.24, 2.45) is 0 Å². The monoisotopic (exact) mass is 269 g/mol. The van der Waals surface area contributed by atoms with Crippen molar-refractivity contribution in [1.82, 2.24) is 10.3 Å². The van der Waals surface area contributed by atoms with Crippen LogP contribution in [0.3, 0.4) is 0 Å². The van der Waals surface area contributed by atoms with E-state index in [2.05, 4.69) is 10.3 Å². The van der Waals surface area contributed by atoms with E-state index in [1.165, 1.54) is 11.8 Å². The molecule has 0 aliphatic rings. The van der Waals surface area contributed by atoms with Crippen LogP contribution < -0.4 is 11.1 Å². The minimum atomic E-state index is -0.205. The molecule has 0 fully saturated rings. The fourth-order valence-electron chi connectivity index (χ4n) is 1.98. The molecule has 1 aromatic carbocycles. The number of nitrogen functional groups attached to an aromatic ring is 1. The highest BCUT2D eigenvalue weighted by atomic mass is 16.1. The van der Waals surface area contributed by atoms with Crippen LogP contribution in [0.5, 0.6) is 0 Å². The molecule has 0 radical (unpaired) electrons. The van der Waals surface area contributed by atoms with Gasteiger partial charge in [0.2, 0.25) is 0 Å².